The maximum Gasteiger partial charge on any atom is 0.221 e. The molecule has 0 bridgehead atoms. The van der Waals surface area contributed by atoms with Crippen molar-refractivity contribution in [3.63, 3.8) is 0 Å². The Morgan fingerprint density at radius 1 is 0.897 bits per heavy atom. The number of nitrogens with two attached hydrogens (primary N) is 1. The maximum atomic E-state index is 11.1. The lowest BCUT2D eigenvalue weighted by molar-refractivity contribution is -0.114. The Bertz CT molecular complexity index is 575. The van der Waals surface area contributed by atoms with Crippen LogP contribution in [0.4, 0.5) is 11.4 Å². The smallest absolute Gasteiger partial charge is 0.221 e. The van der Waals surface area contributed by atoms with Gasteiger partial charge in [-0.25, -0.2) is 0 Å². The first-order valence-corrected chi connectivity index (χ1v) is 11.6. The van der Waals surface area contributed by atoms with E-state index >= 15 is 0 Å². The molecule has 5 heteroatoms. The van der Waals surface area contributed by atoms with Crippen molar-refractivity contribution in [2.75, 3.05) is 17.7 Å². The van der Waals surface area contributed by atoms with Crippen molar-refractivity contribution in [2.45, 2.75) is 104 Å². The van der Waals surface area contributed by atoms with Crippen molar-refractivity contribution in [2.24, 2.45) is 0 Å². The Balaban J connectivity index is 1.99. The molecule has 0 spiro atoms. The van der Waals surface area contributed by atoms with Gasteiger partial charge in [-0.1, -0.05) is 90.4 Å². The summed E-state index contributed by atoms with van der Waals surface area (Å²) in [5.74, 6) is 0.174. The summed E-state index contributed by atoms with van der Waals surface area (Å²) in [6.07, 6.45) is 18.5. The molecule has 1 amide bonds. The van der Waals surface area contributed by atoms with Crippen LogP contribution in [0.15, 0.2) is 12.1 Å². The number of amides is 1. The number of carbonyl (C=O) groups is 1. The minimum absolute atomic E-state index is 0.0367. The molecular formula is C24H42N2O3. The van der Waals surface area contributed by atoms with Crippen LogP contribution in [-0.2, 0) is 4.79 Å². The van der Waals surface area contributed by atoms with E-state index < -0.39 is 0 Å². The standard InChI is InChI=1S/C24H42N2O3/c1-3-4-5-6-7-8-9-10-11-12-13-14-15-16-17-29-24-19-23(28)22(18-21(24)25)26-20(2)27/h18-19,28H,3-17,25H2,1-2H3,(H,26,27). The minimum atomic E-state index is -0.254. The zero-order valence-corrected chi connectivity index (χ0v) is 18.6. The Morgan fingerprint density at radius 2 is 1.38 bits per heavy atom. The molecule has 5 nitrogen and oxygen atoms in total. The monoisotopic (exact) mass is 406 g/mol. The van der Waals surface area contributed by atoms with Gasteiger partial charge in [0.25, 0.3) is 0 Å². The predicted octanol–water partition coefficient (Wildman–Crippen LogP) is 6.79. The number of rotatable bonds is 17. The van der Waals surface area contributed by atoms with Gasteiger partial charge in [0.2, 0.25) is 5.91 Å². The highest BCUT2D eigenvalue weighted by molar-refractivity contribution is 5.91. The van der Waals surface area contributed by atoms with Gasteiger partial charge in [0, 0.05) is 13.0 Å². The van der Waals surface area contributed by atoms with Crippen molar-refractivity contribution < 1.29 is 14.6 Å². The average Bonchev–Trinajstić information content (AvgIpc) is 2.68. The Labute approximate surface area is 177 Å². The quantitative estimate of drug-likeness (QED) is 0.115. The van der Waals surface area contributed by atoms with Crippen LogP contribution in [0.5, 0.6) is 11.5 Å². The first-order chi connectivity index (χ1) is 14.0. The van der Waals surface area contributed by atoms with Gasteiger partial charge in [0.05, 0.1) is 18.0 Å². The van der Waals surface area contributed by atoms with Crippen LogP contribution in [0.2, 0.25) is 0 Å². The molecule has 0 atom stereocenters. The van der Waals surface area contributed by atoms with Crippen LogP contribution in [0.3, 0.4) is 0 Å². The van der Waals surface area contributed by atoms with E-state index in [4.69, 9.17) is 10.5 Å². The van der Waals surface area contributed by atoms with E-state index in [1.807, 2.05) is 0 Å². The maximum absolute atomic E-state index is 11.1. The molecule has 0 aliphatic heterocycles. The summed E-state index contributed by atoms with van der Waals surface area (Å²) in [6, 6.07) is 2.99. The normalized spacial score (nSPS) is 10.8. The van der Waals surface area contributed by atoms with Crippen LogP contribution in [-0.4, -0.2) is 17.6 Å². The molecule has 0 aromatic heterocycles. The molecule has 0 radical (unpaired) electrons. The fourth-order valence-corrected chi connectivity index (χ4v) is 3.48. The van der Waals surface area contributed by atoms with Crippen LogP contribution < -0.4 is 15.8 Å². The number of anilines is 2. The van der Waals surface area contributed by atoms with Crippen molar-refractivity contribution in [1.82, 2.24) is 0 Å². The molecule has 0 saturated heterocycles. The molecule has 166 valence electrons. The van der Waals surface area contributed by atoms with Crippen LogP contribution in [0.1, 0.15) is 104 Å². The summed E-state index contributed by atoms with van der Waals surface area (Å²) in [4.78, 5) is 11.1. The van der Waals surface area contributed by atoms with Gasteiger partial charge < -0.3 is 20.9 Å². The number of hydrogen-bond donors (Lipinski definition) is 3. The summed E-state index contributed by atoms with van der Waals surface area (Å²) in [5.41, 5.74) is 6.66. The highest BCUT2D eigenvalue weighted by Crippen LogP contribution is 2.34. The summed E-state index contributed by atoms with van der Waals surface area (Å²) < 4.78 is 5.69. The van der Waals surface area contributed by atoms with E-state index in [1.165, 1.54) is 96.1 Å². The highest BCUT2D eigenvalue weighted by atomic mass is 16.5. The second-order valence-electron chi connectivity index (χ2n) is 8.03. The number of ether oxygens (including phenoxy) is 1. The molecular weight excluding hydrogens is 364 g/mol. The number of unbranched alkanes of at least 4 members (excludes halogenated alkanes) is 13. The number of nitrogen functional groups attached to an aromatic ring is 1. The van der Waals surface area contributed by atoms with Gasteiger partial charge in [-0.05, 0) is 12.5 Å². The second-order valence-corrected chi connectivity index (χ2v) is 8.03. The summed E-state index contributed by atoms with van der Waals surface area (Å²) in [7, 11) is 0. The van der Waals surface area contributed by atoms with E-state index in [9.17, 15) is 9.90 Å². The summed E-state index contributed by atoms with van der Waals surface area (Å²) in [6.45, 7) is 4.24. The first kappa shape index (κ1) is 25.1. The van der Waals surface area contributed by atoms with Crippen molar-refractivity contribution in [3.05, 3.63) is 12.1 Å². The van der Waals surface area contributed by atoms with Gasteiger partial charge in [-0.3, -0.25) is 4.79 Å². The molecule has 0 heterocycles. The van der Waals surface area contributed by atoms with Crippen molar-refractivity contribution in [1.29, 1.82) is 0 Å². The summed E-state index contributed by atoms with van der Waals surface area (Å²) >= 11 is 0. The Hall–Kier alpha value is -1.91. The minimum Gasteiger partial charge on any atom is -0.506 e. The lowest BCUT2D eigenvalue weighted by Crippen LogP contribution is -2.07. The fraction of sp³-hybridized carbons (Fsp3) is 0.708. The predicted molar refractivity (Wildman–Crippen MR) is 123 cm³/mol. The number of phenols is 1. The second kappa shape index (κ2) is 15.9. The molecule has 0 saturated carbocycles. The first-order valence-electron chi connectivity index (χ1n) is 11.6. The largest absolute Gasteiger partial charge is 0.506 e. The molecule has 1 rings (SSSR count). The average molecular weight is 407 g/mol. The SMILES string of the molecule is CCCCCCCCCCCCCCCCOc1cc(O)c(NC(C)=O)cc1N. The van der Waals surface area contributed by atoms with Gasteiger partial charge in [-0.2, -0.15) is 0 Å². The Morgan fingerprint density at radius 3 is 1.86 bits per heavy atom. The van der Waals surface area contributed by atoms with Crippen molar-refractivity contribution >= 4 is 17.3 Å². The molecule has 1 aromatic carbocycles. The van der Waals surface area contributed by atoms with Crippen molar-refractivity contribution in [3.8, 4) is 11.5 Å². The molecule has 4 N–H and O–H groups in total. The molecule has 0 aliphatic rings. The zero-order chi connectivity index (χ0) is 21.3. The van der Waals surface area contributed by atoms with Crippen LogP contribution in [0, 0.1) is 0 Å². The van der Waals surface area contributed by atoms with Crippen LogP contribution >= 0.6 is 0 Å². The summed E-state index contributed by atoms with van der Waals surface area (Å²) in [5, 5.41) is 12.5. The van der Waals surface area contributed by atoms with E-state index in [-0.39, 0.29) is 11.7 Å². The van der Waals surface area contributed by atoms with E-state index in [0.29, 0.717) is 23.7 Å². The third-order valence-corrected chi connectivity index (χ3v) is 5.19. The number of benzene rings is 1. The topological polar surface area (TPSA) is 84.6 Å². The molecule has 0 unspecified atom stereocenters. The van der Waals surface area contributed by atoms with Gasteiger partial charge in [0.15, 0.2) is 0 Å². The number of phenolic OH excluding ortho intramolecular Hbond substituents is 1. The molecule has 0 aliphatic carbocycles. The third-order valence-electron chi connectivity index (χ3n) is 5.19. The lowest BCUT2D eigenvalue weighted by atomic mass is 10.0. The Kier molecular flexibility index (Phi) is 13.8. The van der Waals surface area contributed by atoms with Gasteiger partial charge in [-0.15, -0.1) is 0 Å². The number of hydrogen-bond acceptors (Lipinski definition) is 4. The number of nitrogens with one attached hydrogen (secondary N) is 1. The van der Waals surface area contributed by atoms with E-state index in [0.717, 1.165) is 12.8 Å². The van der Waals surface area contributed by atoms with Crippen LogP contribution in [0.25, 0.3) is 0 Å². The fourth-order valence-electron chi connectivity index (χ4n) is 3.48. The van der Waals surface area contributed by atoms with E-state index in [1.54, 1.807) is 0 Å². The van der Waals surface area contributed by atoms with Gasteiger partial charge >= 0.3 is 0 Å². The molecule has 0 fully saturated rings. The third kappa shape index (κ3) is 12.3. The molecule has 1 aromatic rings. The highest BCUT2D eigenvalue weighted by Gasteiger charge is 2.09. The number of carbonyl (C=O) groups excluding carboxylic acids is 1. The van der Waals surface area contributed by atoms with E-state index in [2.05, 4.69) is 12.2 Å². The lowest BCUT2D eigenvalue weighted by Gasteiger charge is -2.12. The van der Waals surface area contributed by atoms with Gasteiger partial charge in [0.1, 0.15) is 11.5 Å². The zero-order valence-electron chi connectivity index (χ0n) is 18.6. The number of aromatic hydroxyl groups is 1. The molecule has 29 heavy (non-hydrogen) atoms.